The Bertz CT molecular complexity index is 357. The quantitative estimate of drug-likeness (QED) is 0.801. The van der Waals surface area contributed by atoms with E-state index in [1.54, 1.807) is 12.1 Å². The zero-order chi connectivity index (χ0) is 11.3. The van der Waals surface area contributed by atoms with Gasteiger partial charge in [-0.25, -0.2) is 4.39 Å². The van der Waals surface area contributed by atoms with Gasteiger partial charge in [0.25, 0.3) is 0 Å². The first-order chi connectivity index (χ1) is 7.09. The molecular weight excluding hydrogens is 263 g/mol. The number of hydrogen-bond acceptors (Lipinski definition) is 2. The van der Waals surface area contributed by atoms with Gasteiger partial charge < -0.3 is 11.1 Å². The maximum Gasteiger partial charge on any atom is 0.218 e. The lowest BCUT2D eigenvalue weighted by Crippen LogP contribution is -2.22. The molecule has 82 valence electrons. The van der Waals surface area contributed by atoms with Gasteiger partial charge in [-0.15, -0.1) is 0 Å². The van der Waals surface area contributed by atoms with E-state index in [0.29, 0.717) is 18.7 Å². The van der Waals surface area contributed by atoms with Crippen LogP contribution in [0, 0.1) is 5.82 Å². The van der Waals surface area contributed by atoms with Gasteiger partial charge in [0.15, 0.2) is 0 Å². The van der Waals surface area contributed by atoms with Gasteiger partial charge in [-0.1, -0.05) is 15.9 Å². The highest BCUT2D eigenvalue weighted by Crippen LogP contribution is 2.15. The summed E-state index contributed by atoms with van der Waals surface area (Å²) < 4.78 is 14.0. The number of rotatable bonds is 5. The Labute approximate surface area is 96.0 Å². The van der Waals surface area contributed by atoms with Crippen LogP contribution in [0.5, 0.6) is 0 Å². The Morgan fingerprint density at radius 3 is 2.93 bits per heavy atom. The molecule has 0 atom stereocenters. The SMILES string of the molecule is NC(=O)CCNCc1cc(Br)ccc1F. The third-order valence-corrected chi connectivity index (χ3v) is 2.36. The van der Waals surface area contributed by atoms with E-state index in [-0.39, 0.29) is 18.1 Å². The number of carbonyl (C=O) groups is 1. The lowest BCUT2D eigenvalue weighted by molar-refractivity contribution is -0.117. The van der Waals surface area contributed by atoms with Gasteiger partial charge in [-0.3, -0.25) is 4.79 Å². The van der Waals surface area contributed by atoms with Gasteiger partial charge in [0.1, 0.15) is 5.82 Å². The van der Waals surface area contributed by atoms with Crippen molar-refractivity contribution in [3.8, 4) is 0 Å². The highest BCUT2D eigenvalue weighted by atomic mass is 79.9. The molecule has 0 saturated carbocycles. The van der Waals surface area contributed by atoms with Crippen LogP contribution in [0.1, 0.15) is 12.0 Å². The van der Waals surface area contributed by atoms with Crippen molar-refractivity contribution in [3.63, 3.8) is 0 Å². The lowest BCUT2D eigenvalue weighted by atomic mass is 10.2. The molecule has 1 amide bonds. The molecule has 0 aliphatic carbocycles. The van der Waals surface area contributed by atoms with E-state index in [9.17, 15) is 9.18 Å². The molecule has 0 radical (unpaired) electrons. The molecule has 3 nitrogen and oxygen atoms in total. The minimum absolute atomic E-state index is 0.259. The van der Waals surface area contributed by atoms with Crippen LogP contribution in [0.25, 0.3) is 0 Å². The Balaban J connectivity index is 2.43. The molecule has 0 spiro atoms. The molecule has 5 heteroatoms. The molecule has 0 aliphatic heterocycles. The Kier molecular flexibility index (Phi) is 4.71. The molecule has 0 aromatic heterocycles. The van der Waals surface area contributed by atoms with E-state index >= 15 is 0 Å². The Morgan fingerprint density at radius 2 is 2.27 bits per heavy atom. The molecular formula is C10H12BrFN2O. The van der Waals surface area contributed by atoms with Crippen molar-refractivity contribution in [2.45, 2.75) is 13.0 Å². The van der Waals surface area contributed by atoms with Crippen molar-refractivity contribution >= 4 is 21.8 Å². The topological polar surface area (TPSA) is 55.1 Å². The van der Waals surface area contributed by atoms with E-state index in [4.69, 9.17) is 5.73 Å². The van der Waals surface area contributed by atoms with Crippen molar-refractivity contribution in [2.75, 3.05) is 6.54 Å². The van der Waals surface area contributed by atoms with E-state index in [1.807, 2.05) is 0 Å². The first kappa shape index (κ1) is 12.1. The summed E-state index contributed by atoms with van der Waals surface area (Å²) in [6.45, 7) is 0.847. The predicted octanol–water partition coefficient (Wildman–Crippen LogP) is 1.55. The molecule has 1 aromatic rings. The van der Waals surface area contributed by atoms with Crippen molar-refractivity contribution in [3.05, 3.63) is 34.1 Å². The first-order valence-corrected chi connectivity index (χ1v) is 5.32. The first-order valence-electron chi connectivity index (χ1n) is 4.52. The summed E-state index contributed by atoms with van der Waals surface area (Å²) in [5.41, 5.74) is 5.53. The summed E-state index contributed by atoms with van der Waals surface area (Å²) in [5.74, 6) is -0.623. The third-order valence-electron chi connectivity index (χ3n) is 1.87. The smallest absolute Gasteiger partial charge is 0.218 e. The number of hydrogen-bond donors (Lipinski definition) is 2. The van der Waals surface area contributed by atoms with Crippen LogP contribution in [-0.4, -0.2) is 12.5 Å². The molecule has 0 unspecified atom stereocenters. The molecule has 3 N–H and O–H groups in total. The highest BCUT2D eigenvalue weighted by Gasteiger charge is 2.02. The average Bonchev–Trinajstić information content (AvgIpc) is 2.17. The van der Waals surface area contributed by atoms with Crippen LogP contribution in [0.2, 0.25) is 0 Å². The van der Waals surface area contributed by atoms with Crippen LogP contribution in [0.3, 0.4) is 0 Å². The van der Waals surface area contributed by atoms with Crippen LogP contribution in [0.15, 0.2) is 22.7 Å². The summed E-state index contributed by atoms with van der Waals surface area (Å²) in [6.07, 6.45) is 0.260. The monoisotopic (exact) mass is 274 g/mol. The van der Waals surface area contributed by atoms with Crippen molar-refractivity contribution in [2.24, 2.45) is 5.73 Å². The second-order valence-corrected chi connectivity index (χ2v) is 4.04. The molecule has 1 aromatic carbocycles. The second kappa shape index (κ2) is 5.82. The van der Waals surface area contributed by atoms with Gasteiger partial charge in [0.05, 0.1) is 0 Å². The minimum Gasteiger partial charge on any atom is -0.370 e. The minimum atomic E-state index is -0.364. The van der Waals surface area contributed by atoms with Crippen LogP contribution >= 0.6 is 15.9 Å². The number of carbonyl (C=O) groups excluding carboxylic acids is 1. The number of halogens is 2. The fourth-order valence-corrected chi connectivity index (χ4v) is 1.52. The van der Waals surface area contributed by atoms with Crippen LogP contribution in [-0.2, 0) is 11.3 Å². The molecule has 0 heterocycles. The number of nitrogens with two attached hydrogens (primary N) is 1. The predicted molar refractivity (Wildman–Crippen MR) is 59.6 cm³/mol. The summed E-state index contributed by atoms with van der Waals surface area (Å²) in [5, 5.41) is 2.94. The zero-order valence-electron chi connectivity index (χ0n) is 8.09. The standard InChI is InChI=1S/C10H12BrFN2O/c11-8-1-2-9(12)7(5-8)6-14-4-3-10(13)15/h1-2,5,14H,3-4,6H2,(H2,13,15). The fourth-order valence-electron chi connectivity index (χ4n) is 1.11. The number of nitrogens with one attached hydrogen (secondary N) is 1. The summed E-state index contributed by atoms with van der Waals surface area (Å²) in [7, 11) is 0. The van der Waals surface area contributed by atoms with Crippen molar-refractivity contribution in [1.82, 2.24) is 5.32 Å². The van der Waals surface area contributed by atoms with Crippen LogP contribution < -0.4 is 11.1 Å². The highest BCUT2D eigenvalue weighted by molar-refractivity contribution is 9.10. The Hall–Kier alpha value is -0.940. The maximum atomic E-state index is 13.2. The molecule has 15 heavy (non-hydrogen) atoms. The summed E-state index contributed by atoms with van der Waals surface area (Å²) >= 11 is 3.26. The molecule has 0 fully saturated rings. The van der Waals surface area contributed by atoms with Gasteiger partial charge >= 0.3 is 0 Å². The van der Waals surface area contributed by atoms with E-state index < -0.39 is 0 Å². The van der Waals surface area contributed by atoms with Gasteiger partial charge in [-0.2, -0.15) is 0 Å². The largest absolute Gasteiger partial charge is 0.370 e. The third kappa shape index (κ3) is 4.40. The zero-order valence-corrected chi connectivity index (χ0v) is 9.68. The lowest BCUT2D eigenvalue weighted by Gasteiger charge is -2.05. The average molecular weight is 275 g/mol. The van der Waals surface area contributed by atoms with Gasteiger partial charge in [0, 0.05) is 29.5 Å². The molecule has 0 bridgehead atoms. The Morgan fingerprint density at radius 1 is 1.53 bits per heavy atom. The number of primary amides is 1. The van der Waals surface area contributed by atoms with Crippen molar-refractivity contribution in [1.29, 1.82) is 0 Å². The van der Waals surface area contributed by atoms with Crippen LogP contribution in [0.4, 0.5) is 4.39 Å². The van der Waals surface area contributed by atoms with E-state index in [0.717, 1.165) is 4.47 Å². The maximum absolute atomic E-state index is 13.2. The molecule has 0 saturated heterocycles. The van der Waals surface area contributed by atoms with E-state index in [2.05, 4.69) is 21.2 Å². The van der Waals surface area contributed by atoms with Crippen molar-refractivity contribution < 1.29 is 9.18 Å². The van der Waals surface area contributed by atoms with E-state index in [1.165, 1.54) is 6.07 Å². The number of amides is 1. The number of benzene rings is 1. The molecule has 0 aliphatic rings. The fraction of sp³-hybridized carbons (Fsp3) is 0.300. The van der Waals surface area contributed by atoms with Gasteiger partial charge in [-0.05, 0) is 18.2 Å². The van der Waals surface area contributed by atoms with Gasteiger partial charge in [0.2, 0.25) is 5.91 Å². The summed E-state index contributed by atoms with van der Waals surface area (Å²) in [4.78, 5) is 10.4. The molecule has 1 rings (SSSR count). The second-order valence-electron chi connectivity index (χ2n) is 3.13. The normalized spacial score (nSPS) is 10.3. The summed E-state index contributed by atoms with van der Waals surface area (Å²) in [6, 6.07) is 4.74.